The molecule has 0 saturated carbocycles. The van der Waals surface area contributed by atoms with Gasteiger partial charge in [-0.05, 0) is 6.42 Å². The monoisotopic (exact) mass is 372 g/mol. The molecular formula is C10H16Cl4O6. The third kappa shape index (κ3) is 17.7. The van der Waals surface area contributed by atoms with E-state index >= 15 is 0 Å². The molecule has 0 amide bonds. The highest BCUT2D eigenvalue weighted by atomic mass is 35.5. The molecule has 0 aromatic rings. The number of rotatable bonds is 7. The molecule has 0 spiro atoms. The molecule has 0 bridgehead atoms. The van der Waals surface area contributed by atoms with Crippen molar-refractivity contribution >= 4 is 58.7 Å². The van der Waals surface area contributed by atoms with Crippen molar-refractivity contribution in [3.05, 3.63) is 0 Å². The summed E-state index contributed by atoms with van der Waals surface area (Å²) in [5.74, 6) is 0.548. The molecular weight excluding hydrogens is 358 g/mol. The highest BCUT2D eigenvalue weighted by molar-refractivity contribution is 6.48. The summed E-state index contributed by atoms with van der Waals surface area (Å²) in [6, 6.07) is 0. The van der Waals surface area contributed by atoms with Gasteiger partial charge in [-0.25, -0.2) is 9.59 Å². The summed E-state index contributed by atoms with van der Waals surface area (Å²) in [5.41, 5.74) is 0. The number of alkyl halides is 4. The van der Waals surface area contributed by atoms with Crippen molar-refractivity contribution in [3.63, 3.8) is 0 Å². The third-order valence-electron chi connectivity index (χ3n) is 1.52. The van der Waals surface area contributed by atoms with E-state index in [9.17, 15) is 9.59 Å². The predicted octanol–water partition coefficient (Wildman–Crippen LogP) is 3.88. The second-order valence-corrected chi connectivity index (χ2v) is 5.49. The molecule has 1 N–H and O–H groups in total. The molecule has 120 valence electrons. The number of carbonyl (C=O) groups excluding carboxylic acids is 1. The van der Waals surface area contributed by atoms with E-state index in [0.717, 1.165) is 0 Å². The molecule has 0 unspecified atom stereocenters. The highest BCUT2D eigenvalue weighted by Gasteiger charge is 2.23. The average Bonchev–Trinajstić information content (AvgIpc) is 2.41. The van der Waals surface area contributed by atoms with Gasteiger partial charge in [0.2, 0.25) is 0 Å². The van der Waals surface area contributed by atoms with Crippen LogP contribution in [0.2, 0.25) is 0 Å². The lowest BCUT2D eigenvalue weighted by molar-refractivity contribution is 0.0640. The number of ether oxygens (including phenoxy) is 3. The second-order valence-electron chi connectivity index (χ2n) is 3.09. The van der Waals surface area contributed by atoms with Crippen molar-refractivity contribution in [1.29, 1.82) is 0 Å². The Morgan fingerprint density at radius 2 is 1.50 bits per heavy atom. The molecule has 0 rings (SSSR count). The minimum atomic E-state index is -1.36. The van der Waals surface area contributed by atoms with E-state index in [1.807, 2.05) is 0 Å². The Bertz CT molecular complexity index is 264. The molecule has 0 heterocycles. The van der Waals surface area contributed by atoms with Crippen LogP contribution in [0.3, 0.4) is 0 Å². The zero-order valence-electron chi connectivity index (χ0n) is 10.7. The van der Waals surface area contributed by atoms with Gasteiger partial charge in [-0.1, -0.05) is 30.1 Å². The first-order chi connectivity index (χ1) is 9.29. The fraction of sp³-hybridized carbons (Fsp3) is 0.800. The topological polar surface area (TPSA) is 82.1 Å². The molecule has 6 nitrogen and oxygen atoms in total. The van der Waals surface area contributed by atoms with Crippen LogP contribution in [-0.4, -0.2) is 53.3 Å². The molecule has 10 heteroatoms. The van der Waals surface area contributed by atoms with E-state index < -0.39 is 16.6 Å². The highest BCUT2D eigenvalue weighted by Crippen LogP contribution is 2.24. The van der Waals surface area contributed by atoms with Crippen molar-refractivity contribution in [2.75, 3.05) is 31.6 Å². The fourth-order valence-corrected chi connectivity index (χ4v) is 0.818. The van der Waals surface area contributed by atoms with Gasteiger partial charge in [-0.15, -0.1) is 23.2 Å². The van der Waals surface area contributed by atoms with Gasteiger partial charge < -0.3 is 19.3 Å². The SMILES string of the molecule is CCC(Cl)(Cl)COC(=O)O.O=C(OCCCl)OCCCl. The minimum absolute atomic E-state index is 0.169. The van der Waals surface area contributed by atoms with Crippen LogP contribution in [0.25, 0.3) is 0 Å². The Hall–Kier alpha value is -0.300. The maximum Gasteiger partial charge on any atom is 0.508 e. The van der Waals surface area contributed by atoms with Crippen LogP contribution in [0.5, 0.6) is 0 Å². The summed E-state index contributed by atoms with van der Waals surface area (Å²) >= 11 is 21.5. The van der Waals surface area contributed by atoms with E-state index in [1.165, 1.54) is 0 Å². The fourth-order valence-electron chi connectivity index (χ4n) is 0.555. The van der Waals surface area contributed by atoms with Gasteiger partial charge in [0.15, 0.2) is 4.33 Å². The van der Waals surface area contributed by atoms with Crippen molar-refractivity contribution < 1.29 is 28.9 Å². The Labute approximate surface area is 137 Å². The Kier molecular flexibility index (Phi) is 15.0. The van der Waals surface area contributed by atoms with Crippen LogP contribution >= 0.6 is 46.4 Å². The molecule has 0 atom stereocenters. The summed E-state index contributed by atoms with van der Waals surface area (Å²) < 4.78 is 11.9. The van der Waals surface area contributed by atoms with Crippen molar-refractivity contribution in [2.45, 2.75) is 17.7 Å². The molecule has 0 aliphatic carbocycles. The quantitative estimate of drug-likeness (QED) is 0.538. The maximum absolute atomic E-state index is 10.4. The molecule has 0 saturated heterocycles. The lowest BCUT2D eigenvalue weighted by Crippen LogP contribution is -2.21. The van der Waals surface area contributed by atoms with Gasteiger partial charge in [-0.2, -0.15) is 0 Å². The summed E-state index contributed by atoms with van der Waals surface area (Å²) in [4.78, 5) is 20.2. The van der Waals surface area contributed by atoms with E-state index in [4.69, 9.17) is 51.5 Å². The number of hydrogen-bond acceptors (Lipinski definition) is 5. The average molecular weight is 374 g/mol. The molecule has 0 aromatic heterocycles. The number of hydrogen-bond donors (Lipinski definition) is 1. The van der Waals surface area contributed by atoms with Crippen LogP contribution in [-0.2, 0) is 14.2 Å². The van der Waals surface area contributed by atoms with Gasteiger partial charge in [0.25, 0.3) is 0 Å². The van der Waals surface area contributed by atoms with E-state index in [0.29, 0.717) is 6.42 Å². The Balaban J connectivity index is 0. The van der Waals surface area contributed by atoms with Gasteiger partial charge in [0, 0.05) is 0 Å². The van der Waals surface area contributed by atoms with Crippen LogP contribution in [0.15, 0.2) is 0 Å². The molecule has 0 fully saturated rings. The lowest BCUT2D eigenvalue weighted by atomic mass is 10.3. The first-order valence-electron chi connectivity index (χ1n) is 5.44. The van der Waals surface area contributed by atoms with E-state index in [1.54, 1.807) is 6.92 Å². The first-order valence-corrected chi connectivity index (χ1v) is 7.26. The normalized spacial score (nSPS) is 10.1. The van der Waals surface area contributed by atoms with Crippen LogP contribution in [0, 0.1) is 0 Å². The largest absolute Gasteiger partial charge is 0.508 e. The number of carboxylic acid groups (broad SMARTS) is 1. The zero-order chi connectivity index (χ0) is 16.0. The summed E-state index contributed by atoms with van der Waals surface area (Å²) in [5, 5.41) is 8.03. The van der Waals surface area contributed by atoms with Crippen LogP contribution in [0.4, 0.5) is 9.59 Å². The van der Waals surface area contributed by atoms with E-state index in [-0.39, 0.29) is 31.6 Å². The molecule has 0 aliphatic heterocycles. The summed E-state index contributed by atoms with van der Waals surface area (Å²) in [6.07, 6.45) is -1.64. The Morgan fingerprint density at radius 3 is 1.80 bits per heavy atom. The van der Waals surface area contributed by atoms with E-state index in [2.05, 4.69) is 14.2 Å². The smallest absolute Gasteiger partial charge is 0.450 e. The number of halogens is 4. The maximum atomic E-state index is 10.4. The van der Waals surface area contributed by atoms with Gasteiger partial charge in [-0.3, -0.25) is 0 Å². The third-order valence-corrected chi connectivity index (χ3v) is 2.58. The van der Waals surface area contributed by atoms with Crippen molar-refractivity contribution in [1.82, 2.24) is 0 Å². The van der Waals surface area contributed by atoms with Crippen molar-refractivity contribution in [2.24, 2.45) is 0 Å². The molecule has 0 aliphatic rings. The van der Waals surface area contributed by atoms with Crippen molar-refractivity contribution in [3.8, 4) is 0 Å². The summed E-state index contributed by atoms with van der Waals surface area (Å²) in [7, 11) is 0. The van der Waals surface area contributed by atoms with Gasteiger partial charge >= 0.3 is 12.3 Å². The van der Waals surface area contributed by atoms with Gasteiger partial charge in [0.05, 0.1) is 11.8 Å². The van der Waals surface area contributed by atoms with Crippen LogP contribution in [0.1, 0.15) is 13.3 Å². The van der Waals surface area contributed by atoms with Crippen LogP contribution < -0.4 is 0 Å². The molecule has 20 heavy (non-hydrogen) atoms. The molecule has 0 aromatic carbocycles. The minimum Gasteiger partial charge on any atom is -0.450 e. The predicted molar refractivity (Wildman–Crippen MR) is 77.4 cm³/mol. The molecule has 0 radical (unpaired) electrons. The lowest BCUT2D eigenvalue weighted by Gasteiger charge is -2.14. The second kappa shape index (κ2) is 13.7. The summed E-state index contributed by atoms with van der Waals surface area (Å²) in [6.45, 7) is 1.89. The standard InChI is InChI=1S/2C5H8Cl2O3/c6-1-3-9-5(8)10-4-2-7;1-2-5(6,7)3-10-4(8)9/h1-4H2;2-3H2,1H3,(H,8,9). The zero-order valence-corrected chi connectivity index (χ0v) is 13.8. The van der Waals surface area contributed by atoms with Gasteiger partial charge in [0.1, 0.15) is 19.8 Å². The Morgan fingerprint density at radius 1 is 1.05 bits per heavy atom. The first kappa shape index (κ1) is 22.0. The number of carbonyl (C=O) groups is 2.